The highest BCUT2D eigenvalue weighted by molar-refractivity contribution is 7.90. The van der Waals surface area contributed by atoms with Crippen molar-refractivity contribution in [1.29, 1.82) is 0 Å². The van der Waals surface area contributed by atoms with Gasteiger partial charge in [0.05, 0.1) is 28.5 Å². The van der Waals surface area contributed by atoms with Crippen molar-refractivity contribution in [2.45, 2.75) is 38.6 Å². The van der Waals surface area contributed by atoms with E-state index in [1.165, 1.54) is 44.1 Å². The molecule has 11 heteroatoms. The number of rotatable bonds is 10. The number of aromatic amines is 2. The molecule has 3 N–H and O–H groups in total. The van der Waals surface area contributed by atoms with Crippen molar-refractivity contribution in [3.63, 3.8) is 0 Å². The average molecular weight is 624 g/mol. The summed E-state index contributed by atoms with van der Waals surface area (Å²) in [5.41, 5.74) is 7.83. The standard InChI is InChI=1S/C34H34FN7O2S/c1-45(43,44)9-8-22-10-25(13-27(35)12-22)29-19-38-20-31-32(29)40-34(39-31)33-28-14-24(6-7-30(28)41-42-33)26-11-23(17-37-18-26)16-36-15-21-4-2-3-5-21/h6-7,10-14,17-21,36H,2-5,8-9,15-16H2,1H3,(H,39,40)(H,41,42). The molecule has 0 amide bonds. The van der Waals surface area contributed by atoms with E-state index in [0.717, 1.165) is 46.6 Å². The summed E-state index contributed by atoms with van der Waals surface area (Å²) >= 11 is 0. The van der Waals surface area contributed by atoms with E-state index in [9.17, 15) is 12.8 Å². The summed E-state index contributed by atoms with van der Waals surface area (Å²) in [6.07, 6.45) is 13.8. The van der Waals surface area contributed by atoms with Gasteiger partial charge in [0.15, 0.2) is 5.82 Å². The van der Waals surface area contributed by atoms with E-state index in [-0.39, 0.29) is 12.2 Å². The van der Waals surface area contributed by atoms with E-state index in [1.54, 1.807) is 18.5 Å². The zero-order valence-electron chi connectivity index (χ0n) is 25.0. The molecule has 0 bridgehead atoms. The molecule has 0 spiro atoms. The molecular formula is C34H34FN7O2S. The van der Waals surface area contributed by atoms with Crippen molar-refractivity contribution in [3.8, 4) is 33.8 Å². The quantitative estimate of drug-likeness (QED) is 0.165. The highest BCUT2D eigenvalue weighted by Gasteiger charge is 2.18. The molecule has 1 fully saturated rings. The van der Waals surface area contributed by atoms with Gasteiger partial charge in [0.1, 0.15) is 21.3 Å². The third kappa shape index (κ3) is 6.50. The van der Waals surface area contributed by atoms with Gasteiger partial charge in [-0.1, -0.05) is 25.0 Å². The first-order chi connectivity index (χ1) is 21.8. The normalized spacial score (nSPS) is 14.2. The Balaban J connectivity index is 1.19. The number of aryl methyl sites for hydroxylation is 1. The van der Waals surface area contributed by atoms with Crippen LogP contribution in [0, 0.1) is 11.7 Å². The first-order valence-corrected chi connectivity index (χ1v) is 17.3. The number of imidazole rings is 1. The molecular weight excluding hydrogens is 589 g/mol. The van der Waals surface area contributed by atoms with Gasteiger partial charge < -0.3 is 10.3 Å². The second kappa shape index (κ2) is 12.1. The molecule has 1 aliphatic carbocycles. The molecule has 1 saturated carbocycles. The molecule has 0 atom stereocenters. The zero-order chi connectivity index (χ0) is 31.0. The molecule has 0 saturated heterocycles. The van der Waals surface area contributed by atoms with Crippen LogP contribution < -0.4 is 5.32 Å². The van der Waals surface area contributed by atoms with E-state index < -0.39 is 15.7 Å². The summed E-state index contributed by atoms with van der Waals surface area (Å²) < 4.78 is 38.0. The molecule has 9 nitrogen and oxygen atoms in total. The van der Waals surface area contributed by atoms with Gasteiger partial charge in [-0.3, -0.25) is 15.1 Å². The summed E-state index contributed by atoms with van der Waals surface area (Å²) in [6.45, 7) is 1.84. The predicted octanol–water partition coefficient (Wildman–Crippen LogP) is 6.24. The number of nitrogens with one attached hydrogen (secondary N) is 3. The summed E-state index contributed by atoms with van der Waals surface area (Å²) in [6, 6.07) is 12.9. The number of nitrogens with zero attached hydrogens (tertiary/aromatic N) is 4. The van der Waals surface area contributed by atoms with Gasteiger partial charge in [-0.25, -0.2) is 17.8 Å². The zero-order valence-corrected chi connectivity index (χ0v) is 25.8. The van der Waals surface area contributed by atoms with Crippen molar-refractivity contribution in [1.82, 2.24) is 35.5 Å². The third-order valence-corrected chi connectivity index (χ3v) is 9.52. The van der Waals surface area contributed by atoms with Gasteiger partial charge in [-0.2, -0.15) is 5.10 Å². The minimum absolute atomic E-state index is 0.0587. The lowest BCUT2D eigenvalue weighted by atomic mass is 10.0. The van der Waals surface area contributed by atoms with Crippen LogP contribution in [0.25, 0.3) is 55.7 Å². The van der Waals surface area contributed by atoms with E-state index >= 15 is 0 Å². The Hall–Kier alpha value is -4.48. The second-order valence-corrected chi connectivity index (χ2v) is 14.4. The lowest BCUT2D eigenvalue weighted by molar-refractivity contribution is 0.489. The summed E-state index contributed by atoms with van der Waals surface area (Å²) in [5.74, 6) is 0.833. The molecule has 45 heavy (non-hydrogen) atoms. The number of pyridine rings is 2. The molecule has 2 aromatic carbocycles. The van der Waals surface area contributed by atoms with Crippen LogP contribution in [0.1, 0.15) is 36.8 Å². The highest BCUT2D eigenvalue weighted by atomic mass is 32.2. The molecule has 4 aromatic heterocycles. The van der Waals surface area contributed by atoms with Crippen LogP contribution in [0.5, 0.6) is 0 Å². The SMILES string of the molecule is CS(=O)(=O)CCc1cc(F)cc(-c2cncc3[nH]c(-c4n[nH]c5ccc(-c6cncc(CNCC7CCCC7)c6)cc45)nc23)c1. The highest BCUT2D eigenvalue weighted by Crippen LogP contribution is 2.33. The van der Waals surface area contributed by atoms with Gasteiger partial charge in [-0.15, -0.1) is 0 Å². The number of aromatic nitrogens is 6. The number of fused-ring (bicyclic) bond motifs is 2. The molecule has 230 valence electrons. The maximum atomic E-state index is 14.6. The summed E-state index contributed by atoms with van der Waals surface area (Å²) in [5, 5.41) is 12.2. The van der Waals surface area contributed by atoms with Crippen molar-refractivity contribution in [2.75, 3.05) is 18.6 Å². The van der Waals surface area contributed by atoms with Crippen LogP contribution in [0.3, 0.4) is 0 Å². The van der Waals surface area contributed by atoms with Crippen LogP contribution in [0.4, 0.5) is 4.39 Å². The van der Waals surface area contributed by atoms with E-state index in [4.69, 9.17) is 4.98 Å². The molecule has 0 radical (unpaired) electrons. The van der Waals surface area contributed by atoms with Crippen LogP contribution in [-0.2, 0) is 22.8 Å². The Morgan fingerprint density at radius 2 is 1.73 bits per heavy atom. The number of H-pyrrole nitrogens is 2. The minimum Gasteiger partial charge on any atom is -0.335 e. The van der Waals surface area contributed by atoms with Gasteiger partial charge in [-0.05, 0) is 84.3 Å². The van der Waals surface area contributed by atoms with Gasteiger partial charge in [0.2, 0.25) is 0 Å². The van der Waals surface area contributed by atoms with Crippen molar-refractivity contribution in [3.05, 3.63) is 84.2 Å². The van der Waals surface area contributed by atoms with Gasteiger partial charge >= 0.3 is 0 Å². The Morgan fingerprint density at radius 3 is 2.58 bits per heavy atom. The fourth-order valence-electron chi connectivity index (χ4n) is 6.26. The first kappa shape index (κ1) is 29.2. The van der Waals surface area contributed by atoms with E-state index in [2.05, 4.69) is 48.7 Å². The smallest absolute Gasteiger partial charge is 0.159 e. The number of halogens is 1. The average Bonchev–Trinajstić information content (AvgIpc) is 3.79. The Labute approximate surface area is 260 Å². The van der Waals surface area contributed by atoms with Crippen LogP contribution >= 0.6 is 0 Å². The first-order valence-electron chi connectivity index (χ1n) is 15.2. The molecule has 7 rings (SSSR count). The van der Waals surface area contributed by atoms with Crippen LogP contribution in [-0.4, -0.2) is 57.1 Å². The summed E-state index contributed by atoms with van der Waals surface area (Å²) in [4.78, 5) is 17.1. The summed E-state index contributed by atoms with van der Waals surface area (Å²) in [7, 11) is -3.19. The van der Waals surface area contributed by atoms with Gasteiger partial charge in [0, 0.05) is 47.9 Å². The van der Waals surface area contributed by atoms with Crippen LogP contribution in [0.2, 0.25) is 0 Å². The van der Waals surface area contributed by atoms with Crippen molar-refractivity contribution >= 4 is 31.8 Å². The molecule has 1 aliphatic rings. The number of hydrogen-bond acceptors (Lipinski definition) is 7. The molecule has 4 heterocycles. The second-order valence-electron chi connectivity index (χ2n) is 12.1. The third-order valence-electron chi connectivity index (χ3n) is 8.58. The monoisotopic (exact) mass is 623 g/mol. The maximum Gasteiger partial charge on any atom is 0.159 e. The fourth-order valence-corrected chi connectivity index (χ4v) is 6.87. The maximum absolute atomic E-state index is 14.6. The van der Waals surface area contributed by atoms with Gasteiger partial charge in [0.25, 0.3) is 0 Å². The van der Waals surface area contributed by atoms with E-state index in [0.29, 0.717) is 39.2 Å². The van der Waals surface area contributed by atoms with Crippen LogP contribution in [0.15, 0.2) is 67.3 Å². The molecule has 6 aromatic rings. The Kier molecular flexibility index (Phi) is 7.88. The number of benzene rings is 2. The fraction of sp³-hybridized carbons (Fsp3) is 0.294. The minimum atomic E-state index is -3.19. The lowest BCUT2D eigenvalue weighted by Crippen LogP contribution is -2.20. The van der Waals surface area contributed by atoms with E-state index in [1.807, 2.05) is 18.5 Å². The lowest BCUT2D eigenvalue weighted by Gasteiger charge is -2.11. The molecule has 0 unspecified atom stereocenters. The number of sulfone groups is 1. The predicted molar refractivity (Wildman–Crippen MR) is 175 cm³/mol. The van der Waals surface area contributed by atoms with Crippen molar-refractivity contribution < 1.29 is 12.8 Å². The number of hydrogen-bond donors (Lipinski definition) is 3. The topological polar surface area (TPSA) is 129 Å². The largest absolute Gasteiger partial charge is 0.335 e. The van der Waals surface area contributed by atoms with Crippen molar-refractivity contribution in [2.24, 2.45) is 5.92 Å². The molecule has 0 aliphatic heterocycles. The Morgan fingerprint density at radius 1 is 0.911 bits per heavy atom. The Bertz CT molecular complexity index is 2120.